The van der Waals surface area contributed by atoms with Crippen LogP contribution in [0.3, 0.4) is 0 Å². The molecule has 1 fully saturated rings. The van der Waals surface area contributed by atoms with Crippen LogP contribution in [0.2, 0.25) is 15.1 Å². The minimum Gasteiger partial charge on any atom is -0.352 e. The normalized spacial score (nSPS) is 14.7. The van der Waals surface area contributed by atoms with Crippen LogP contribution in [0.15, 0.2) is 77.7 Å². The van der Waals surface area contributed by atoms with Gasteiger partial charge in [-0.1, -0.05) is 91.3 Å². The number of hydrogen-bond acceptors (Lipinski definition) is 4. The van der Waals surface area contributed by atoms with Crippen molar-refractivity contribution in [3.05, 3.63) is 93.4 Å². The molecule has 1 atom stereocenters. The molecule has 3 aromatic carbocycles. The monoisotopic (exact) mass is 649 g/mol. The van der Waals surface area contributed by atoms with Gasteiger partial charge in [0.2, 0.25) is 11.8 Å². The van der Waals surface area contributed by atoms with E-state index in [9.17, 15) is 18.0 Å². The Hall–Kier alpha value is -2.78. The largest absolute Gasteiger partial charge is 0.352 e. The fourth-order valence-corrected chi connectivity index (χ4v) is 7.11. The summed E-state index contributed by atoms with van der Waals surface area (Å²) >= 11 is 18.6. The van der Waals surface area contributed by atoms with Gasteiger partial charge < -0.3 is 10.2 Å². The van der Waals surface area contributed by atoms with Gasteiger partial charge in [-0.3, -0.25) is 13.9 Å². The van der Waals surface area contributed by atoms with Crippen LogP contribution in [0.5, 0.6) is 0 Å². The van der Waals surface area contributed by atoms with Crippen LogP contribution < -0.4 is 9.62 Å². The maximum atomic E-state index is 14.2. The molecule has 42 heavy (non-hydrogen) atoms. The van der Waals surface area contributed by atoms with Crippen LogP contribution in [0.4, 0.5) is 5.69 Å². The van der Waals surface area contributed by atoms with E-state index in [-0.39, 0.29) is 29.1 Å². The fourth-order valence-electron chi connectivity index (χ4n) is 5.18. The maximum Gasteiger partial charge on any atom is 0.264 e. The molecule has 0 aromatic heterocycles. The molecular weight excluding hydrogens is 617 g/mol. The first-order valence-corrected chi connectivity index (χ1v) is 16.5. The molecule has 11 heteroatoms. The second-order valence-electron chi connectivity index (χ2n) is 10.3. The van der Waals surface area contributed by atoms with Crippen molar-refractivity contribution in [3.63, 3.8) is 0 Å². The first-order chi connectivity index (χ1) is 20.1. The molecule has 0 radical (unpaired) electrons. The lowest BCUT2D eigenvalue weighted by molar-refractivity contribution is -0.140. The number of nitrogens with zero attached hydrogens (tertiary/aromatic N) is 2. The van der Waals surface area contributed by atoms with Gasteiger partial charge in [-0.2, -0.15) is 0 Å². The Morgan fingerprint density at radius 2 is 1.62 bits per heavy atom. The van der Waals surface area contributed by atoms with E-state index < -0.39 is 28.5 Å². The van der Waals surface area contributed by atoms with E-state index in [1.807, 2.05) is 6.92 Å². The topological polar surface area (TPSA) is 86.8 Å². The minimum atomic E-state index is -4.17. The van der Waals surface area contributed by atoms with Gasteiger partial charge in [0.05, 0.1) is 20.6 Å². The predicted molar refractivity (Wildman–Crippen MR) is 169 cm³/mol. The minimum absolute atomic E-state index is 0.0240. The van der Waals surface area contributed by atoms with Crippen LogP contribution in [0.1, 0.15) is 51.0 Å². The summed E-state index contributed by atoms with van der Waals surface area (Å²) < 4.78 is 28.8. The average molecular weight is 651 g/mol. The number of carbonyl (C=O) groups excluding carboxylic acids is 2. The summed E-state index contributed by atoms with van der Waals surface area (Å²) in [5, 5.41) is 4.13. The van der Waals surface area contributed by atoms with E-state index in [2.05, 4.69) is 5.32 Å². The van der Waals surface area contributed by atoms with Crippen molar-refractivity contribution in [3.8, 4) is 0 Å². The Bertz CT molecular complexity index is 1500. The molecule has 0 unspecified atom stereocenters. The van der Waals surface area contributed by atoms with E-state index in [1.54, 1.807) is 54.6 Å². The van der Waals surface area contributed by atoms with Gasteiger partial charge >= 0.3 is 0 Å². The Morgan fingerprint density at radius 3 is 2.26 bits per heavy atom. The molecule has 4 rings (SSSR count). The Kier molecular flexibility index (Phi) is 11.2. The number of amides is 2. The number of halogens is 3. The van der Waals surface area contributed by atoms with Gasteiger partial charge in [-0.25, -0.2) is 8.42 Å². The van der Waals surface area contributed by atoms with E-state index in [0.29, 0.717) is 27.1 Å². The van der Waals surface area contributed by atoms with Crippen molar-refractivity contribution in [2.24, 2.45) is 0 Å². The van der Waals surface area contributed by atoms with Crippen molar-refractivity contribution in [2.75, 3.05) is 10.8 Å². The zero-order valence-electron chi connectivity index (χ0n) is 23.3. The highest BCUT2D eigenvalue weighted by molar-refractivity contribution is 7.92. The molecule has 3 aromatic rings. The number of hydrogen-bond donors (Lipinski definition) is 1. The van der Waals surface area contributed by atoms with Gasteiger partial charge in [-0.15, -0.1) is 0 Å². The van der Waals surface area contributed by atoms with Gasteiger partial charge in [0, 0.05) is 17.6 Å². The van der Waals surface area contributed by atoms with E-state index >= 15 is 0 Å². The van der Waals surface area contributed by atoms with Crippen LogP contribution in [-0.4, -0.2) is 43.8 Å². The number of benzene rings is 3. The Labute approximate surface area is 262 Å². The van der Waals surface area contributed by atoms with Crippen molar-refractivity contribution >= 4 is 62.3 Å². The molecule has 7 nitrogen and oxygen atoms in total. The van der Waals surface area contributed by atoms with Crippen LogP contribution in [-0.2, 0) is 26.2 Å². The lowest BCUT2D eigenvalue weighted by Crippen LogP contribution is -2.54. The molecule has 1 N–H and O–H groups in total. The van der Waals surface area contributed by atoms with E-state index in [0.717, 1.165) is 36.4 Å². The third-order valence-electron chi connectivity index (χ3n) is 7.38. The molecule has 224 valence electrons. The van der Waals surface area contributed by atoms with Gasteiger partial charge in [0.1, 0.15) is 12.6 Å². The molecular formula is C31H34Cl3N3O4S. The van der Waals surface area contributed by atoms with Gasteiger partial charge in [-0.05, 0) is 67.3 Å². The molecule has 1 aliphatic carbocycles. The Morgan fingerprint density at radius 1 is 0.905 bits per heavy atom. The van der Waals surface area contributed by atoms with Crippen LogP contribution >= 0.6 is 34.8 Å². The highest BCUT2D eigenvalue weighted by atomic mass is 35.5. The maximum absolute atomic E-state index is 14.2. The van der Waals surface area contributed by atoms with Crippen molar-refractivity contribution in [1.29, 1.82) is 0 Å². The summed E-state index contributed by atoms with van der Waals surface area (Å²) in [5.74, 6) is -0.816. The number of rotatable bonds is 11. The molecule has 1 saturated carbocycles. The van der Waals surface area contributed by atoms with Crippen molar-refractivity contribution in [1.82, 2.24) is 10.2 Å². The molecule has 2 amide bonds. The fraction of sp³-hybridized carbons (Fsp3) is 0.355. The molecule has 0 bridgehead atoms. The molecule has 0 aliphatic heterocycles. The average Bonchev–Trinajstić information content (AvgIpc) is 2.98. The number of carbonyl (C=O) groups is 2. The lowest BCUT2D eigenvalue weighted by atomic mass is 9.95. The van der Waals surface area contributed by atoms with Crippen LogP contribution in [0.25, 0.3) is 0 Å². The summed E-state index contributed by atoms with van der Waals surface area (Å²) in [6, 6.07) is 18.4. The van der Waals surface area contributed by atoms with Gasteiger partial charge in [0.15, 0.2) is 0 Å². The zero-order chi connectivity index (χ0) is 30.3. The SMILES string of the molecule is CC[C@@H](C(=O)NC1CCCCC1)N(Cc1ccc(Cl)c(Cl)c1)C(=O)CN(c1cccc(Cl)c1)S(=O)(=O)c1ccccc1. The summed E-state index contributed by atoms with van der Waals surface area (Å²) in [7, 11) is -4.17. The summed E-state index contributed by atoms with van der Waals surface area (Å²) in [6.07, 6.45) is 5.33. The number of sulfonamides is 1. The zero-order valence-corrected chi connectivity index (χ0v) is 26.4. The van der Waals surface area contributed by atoms with Crippen LogP contribution in [0, 0.1) is 0 Å². The highest BCUT2D eigenvalue weighted by Crippen LogP contribution is 2.28. The number of anilines is 1. The number of nitrogens with one attached hydrogen (secondary N) is 1. The molecule has 0 spiro atoms. The molecule has 0 saturated heterocycles. The molecule has 1 aliphatic rings. The summed E-state index contributed by atoms with van der Waals surface area (Å²) in [5.41, 5.74) is 0.885. The highest BCUT2D eigenvalue weighted by Gasteiger charge is 2.34. The summed E-state index contributed by atoms with van der Waals surface area (Å²) in [4.78, 5) is 29.3. The summed E-state index contributed by atoms with van der Waals surface area (Å²) in [6.45, 7) is 1.31. The Balaban J connectivity index is 1.71. The van der Waals surface area contributed by atoms with Crippen molar-refractivity contribution in [2.45, 2.75) is 69.0 Å². The lowest BCUT2D eigenvalue weighted by Gasteiger charge is -2.34. The third-order valence-corrected chi connectivity index (χ3v) is 10.1. The quantitative estimate of drug-likeness (QED) is 0.240. The second kappa shape index (κ2) is 14.6. The predicted octanol–water partition coefficient (Wildman–Crippen LogP) is 7.10. The van der Waals surface area contributed by atoms with Crippen molar-refractivity contribution < 1.29 is 18.0 Å². The smallest absolute Gasteiger partial charge is 0.264 e. The molecule has 0 heterocycles. The first-order valence-electron chi connectivity index (χ1n) is 14.0. The van der Waals surface area contributed by atoms with E-state index in [1.165, 1.54) is 23.1 Å². The standard InChI is InChI=1S/C31H34Cl3N3O4S/c1-2-29(31(39)35-24-11-5-3-6-12-24)36(20-22-16-17-27(33)28(34)18-22)30(38)21-37(25-13-9-10-23(32)19-25)42(40,41)26-14-7-4-8-15-26/h4,7-10,13-19,24,29H,2-3,5-6,11-12,20-21H2,1H3,(H,35,39)/t29-/m0/s1. The third kappa shape index (κ3) is 7.98. The van der Waals surface area contributed by atoms with Gasteiger partial charge in [0.25, 0.3) is 10.0 Å². The van der Waals surface area contributed by atoms with E-state index in [4.69, 9.17) is 34.8 Å². The first kappa shape index (κ1) is 32.1. The second-order valence-corrected chi connectivity index (χ2v) is 13.5.